The number of nitrogens with zero attached hydrogens (tertiary/aromatic N) is 1. The highest BCUT2D eigenvalue weighted by Gasteiger charge is 2.08. The molecule has 27 heavy (non-hydrogen) atoms. The molecule has 1 atom stereocenters. The Morgan fingerprint density at radius 2 is 1.85 bits per heavy atom. The minimum Gasteiger partial charge on any atom is -0.497 e. The molecule has 0 aromatic heterocycles. The molecule has 5 nitrogen and oxygen atoms in total. The zero-order chi connectivity index (χ0) is 19.5. The average molecular weight is 370 g/mol. The first kappa shape index (κ1) is 20.8. The molecule has 0 bridgehead atoms. The maximum absolute atomic E-state index is 12.0. The van der Waals surface area contributed by atoms with Crippen LogP contribution in [0.25, 0.3) is 0 Å². The minimum atomic E-state index is -0.115. The SMILES string of the molecule is COc1cccc(CC(C)NC(=O)NCCCN(C)Cc2ccccc2)c1. The Hall–Kier alpha value is -2.53. The van der Waals surface area contributed by atoms with Crippen LogP contribution in [0.3, 0.4) is 0 Å². The lowest BCUT2D eigenvalue weighted by Crippen LogP contribution is -2.42. The summed E-state index contributed by atoms with van der Waals surface area (Å²) in [6.07, 6.45) is 1.69. The summed E-state index contributed by atoms with van der Waals surface area (Å²) in [6, 6.07) is 18.3. The normalized spacial score (nSPS) is 11.9. The van der Waals surface area contributed by atoms with Crippen LogP contribution < -0.4 is 15.4 Å². The van der Waals surface area contributed by atoms with Gasteiger partial charge in [-0.05, 0) is 56.6 Å². The molecule has 2 N–H and O–H groups in total. The molecule has 2 amide bonds. The summed E-state index contributed by atoms with van der Waals surface area (Å²) < 4.78 is 5.24. The van der Waals surface area contributed by atoms with Gasteiger partial charge in [-0.25, -0.2) is 4.79 Å². The average Bonchev–Trinajstić information content (AvgIpc) is 2.66. The molecule has 0 aliphatic heterocycles. The van der Waals surface area contributed by atoms with E-state index < -0.39 is 0 Å². The second-order valence-electron chi connectivity index (χ2n) is 6.93. The number of amides is 2. The third-order valence-electron chi connectivity index (χ3n) is 4.35. The predicted octanol–water partition coefficient (Wildman–Crippen LogP) is 3.45. The van der Waals surface area contributed by atoms with E-state index in [2.05, 4.69) is 46.8 Å². The Morgan fingerprint density at radius 3 is 2.59 bits per heavy atom. The molecule has 0 fully saturated rings. The van der Waals surface area contributed by atoms with Crippen molar-refractivity contribution in [3.05, 3.63) is 65.7 Å². The van der Waals surface area contributed by atoms with E-state index in [4.69, 9.17) is 4.74 Å². The van der Waals surface area contributed by atoms with Gasteiger partial charge in [0.2, 0.25) is 0 Å². The molecule has 5 heteroatoms. The number of hydrogen-bond donors (Lipinski definition) is 2. The van der Waals surface area contributed by atoms with E-state index >= 15 is 0 Å². The fraction of sp³-hybridized carbons (Fsp3) is 0.409. The lowest BCUT2D eigenvalue weighted by Gasteiger charge is -2.18. The second-order valence-corrected chi connectivity index (χ2v) is 6.93. The number of carbonyl (C=O) groups is 1. The van der Waals surface area contributed by atoms with Crippen LogP contribution in [0.1, 0.15) is 24.5 Å². The number of ether oxygens (including phenoxy) is 1. The summed E-state index contributed by atoms with van der Waals surface area (Å²) in [4.78, 5) is 14.3. The summed E-state index contributed by atoms with van der Waals surface area (Å²) in [6.45, 7) is 4.53. The Balaban J connectivity index is 1.61. The summed E-state index contributed by atoms with van der Waals surface area (Å²) in [5.41, 5.74) is 2.45. The summed E-state index contributed by atoms with van der Waals surface area (Å²) >= 11 is 0. The van der Waals surface area contributed by atoms with Crippen LogP contribution in [0, 0.1) is 0 Å². The van der Waals surface area contributed by atoms with Gasteiger partial charge in [0, 0.05) is 19.1 Å². The van der Waals surface area contributed by atoms with Gasteiger partial charge in [0.15, 0.2) is 0 Å². The van der Waals surface area contributed by atoms with Crippen molar-refractivity contribution in [2.24, 2.45) is 0 Å². The fourth-order valence-corrected chi connectivity index (χ4v) is 3.00. The van der Waals surface area contributed by atoms with Crippen molar-refractivity contribution in [2.45, 2.75) is 32.4 Å². The number of urea groups is 1. The molecule has 0 aliphatic carbocycles. The molecule has 0 radical (unpaired) electrons. The van der Waals surface area contributed by atoms with Crippen LogP contribution in [0.15, 0.2) is 54.6 Å². The van der Waals surface area contributed by atoms with Crippen molar-refractivity contribution >= 4 is 6.03 Å². The van der Waals surface area contributed by atoms with Crippen molar-refractivity contribution in [3.8, 4) is 5.75 Å². The van der Waals surface area contributed by atoms with Gasteiger partial charge in [0.05, 0.1) is 7.11 Å². The Kier molecular flexibility index (Phi) is 8.65. The van der Waals surface area contributed by atoms with Gasteiger partial charge >= 0.3 is 6.03 Å². The van der Waals surface area contributed by atoms with Crippen LogP contribution in [0.5, 0.6) is 5.75 Å². The first-order valence-electron chi connectivity index (χ1n) is 9.46. The Bertz CT molecular complexity index is 691. The monoisotopic (exact) mass is 369 g/mol. The largest absolute Gasteiger partial charge is 0.497 e. The maximum Gasteiger partial charge on any atom is 0.315 e. The van der Waals surface area contributed by atoms with Crippen molar-refractivity contribution in [3.63, 3.8) is 0 Å². The van der Waals surface area contributed by atoms with E-state index in [1.165, 1.54) is 5.56 Å². The fourth-order valence-electron chi connectivity index (χ4n) is 3.00. The van der Waals surface area contributed by atoms with E-state index in [0.29, 0.717) is 6.54 Å². The van der Waals surface area contributed by atoms with Gasteiger partial charge in [0.25, 0.3) is 0 Å². The van der Waals surface area contributed by atoms with Crippen LogP contribution >= 0.6 is 0 Å². The molecule has 0 heterocycles. The number of carbonyl (C=O) groups excluding carboxylic acids is 1. The Morgan fingerprint density at radius 1 is 1.11 bits per heavy atom. The molecule has 1 unspecified atom stereocenters. The van der Waals surface area contributed by atoms with E-state index in [1.54, 1.807) is 7.11 Å². The molecular formula is C22H31N3O2. The van der Waals surface area contributed by atoms with Gasteiger partial charge in [-0.2, -0.15) is 0 Å². The quantitative estimate of drug-likeness (QED) is 0.631. The number of rotatable bonds is 10. The molecule has 0 spiro atoms. The zero-order valence-electron chi connectivity index (χ0n) is 16.6. The Labute approximate surface area is 162 Å². The topological polar surface area (TPSA) is 53.6 Å². The molecule has 0 saturated carbocycles. The lowest BCUT2D eigenvalue weighted by molar-refractivity contribution is 0.236. The maximum atomic E-state index is 12.0. The molecule has 0 aliphatic rings. The highest BCUT2D eigenvalue weighted by Crippen LogP contribution is 2.13. The highest BCUT2D eigenvalue weighted by atomic mass is 16.5. The van der Waals surface area contributed by atoms with Crippen molar-refractivity contribution < 1.29 is 9.53 Å². The number of nitrogens with one attached hydrogen (secondary N) is 2. The van der Waals surface area contributed by atoms with Gasteiger partial charge in [0.1, 0.15) is 5.75 Å². The molecule has 2 aromatic rings. The highest BCUT2D eigenvalue weighted by molar-refractivity contribution is 5.74. The standard InChI is InChI=1S/C22H31N3O2/c1-18(15-20-11-7-12-21(16-20)27-3)24-22(26)23-13-8-14-25(2)17-19-9-5-4-6-10-19/h4-7,9-12,16,18H,8,13-15,17H2,1-3H3,(H2,23,24,26). The predicted molar refractivity (Wildman–Crippen MR) is 110 cm³/mol. The number of benzene rings is 2. The summed E-state index contributed by atoms with van der Waals surface area (Å²) in [7, 11) is 3.76. The molecular weight excluding hydrogens is 338 g/mol. The first-order chi connectivity index (χ1) is 13.1. The zero-order valence-corrected chi connectivity index (χ0v) is 16.6. The van der Waals surface area contributed by atoms with E-state index in [0.717, 1.165) is 37.2 Å². The van der Waals surface area contributed by atoms with Crippen LogP contribution in [-0.4, -0.2) is 44.2 Å². The van der Waals surface area contributed by atoms with Gasteiger partial charge in [-0.3, -0.25) is 0 Å². The third-order valence-corrected chi connectivity index (χ3v) is 4.35. The molecule has 146 valence electrons. The third kappa shape index (κ3) is 8.13. The summed E-state index contributed by atoms with van der Waals surface area (Å²) in [5, 5.41) is 5.93. The van der Waals surface area contributed by atoms with E-state index in [9.17, 15) is 4.79 Å². The minimum absolute atomic E-state index is 0.0536. The van der Waals surface area contributed by atoms with Crippen molar-refractivity contribution in [2.75, 3.05) is 27.2 Å². The summed E-state index contributed by atoms with van der Waals surface area (Å²) in [5.74, 6) is 0.837. The smallest absolute Gasteiger partial charge is 0.315 e. The second kappa shape index (κ2) is 11.2. The van der Waals surface area contributed by atoms with E-state index in [1.807, 2.05) is 37.3 Å². The molecule has 0 saturated heterocycles. The number of methoxy groups -OCH3 is 1. The van der Waals surface area contributed by atoms with Gasteiger partial charge in [-0.15, -0.1) is 0 Å². The molecule has 2 aromatic carbocycles. The van der Waals surface area contributed by atoms with Crippen LogP contribution in [-0.2, 0) is 13.0 Å². The van der Waals surface area contributed by atoms with Crippen LogP contribution in [0.2, 0.25) is 0 Å². The van der Waals surface area contributed by atoms with Crippen molar-refractivity contribution in [1.29, 1.82) is 0 Å². The first-order valence-corrected chi connectivity index (χ1v) is 9.46. The van der Waals surface area contributed by atoms with Gasteiger partial charge in [-0.1, -0.05) is 42.5 Å². The molecule has 2 rings (SSSR count). The van der Waals surface area contributed by atoms with Crippen molar-refractivity contribution in [1.82, 2.24) is 15.5 Å². The number of hydrogen-bond acceptors (Lipinski definition) is 3. The van der Waals surface area contributed by atoms with Crippen LogP contribution in [0.4, 0.5) is 4.79 Å². The van der Waals surface area contributed by atoms with Gasteiger partial charge < -0.3 is 20.3 Å². The lowest BCUT2D eigenvalue weighted by atomic mass is 10.1. The van der Waals surface area contributed by atoms with E-state index in [-0.39, 0.29) is 12.1 Å².